The lowest BCUT2D eigenvalue weighted by Gasteiger charge is -2.16. The maximum absolute atomic E-state index is 14.0. The van der Waals surface area contributed by atoms with Crippen LogP contribution in [0.25, 0.3) is 38.6 Å². The number of aliphatic hydroxyl groups excluding tert-OH is 1. The van der Waals surface area contributed by atoms with Crippen LogP contribution in [0.15, 0.2) is 83.7 Å². The first-order valence-electron chi connectivity index (χ1n) is 10.7. The molecule has 0 radical (unpaired) electrons. The highest BCUT2D eigenvalue weighted by Gasteiger charge is 2.25. The third kappa shape index (κ3) is 2.97. The zero-order valence-electron chi connectivity index (χ0n) is 17.9. The number of aromatic nitrogens is 2. The van der Waals surface area contributed by atoms with E-state index in [1.165, 1.54) is 12.1 Å². The summed E-state index contributed by atoms with van der Waals surface area (Å²) in [5.74, 6) is -0.330. The molecule has 0 unspecified atom stereocenters. The fourth-order valence-electron chi connectivity index (χ4n) is 4.69. The molecule has 32 heavy (non-hydrogen) atoms. The molecule has 0 amide bonds. The Labute approximate surface area is 184 Å². The van der Waals surface area contributed by atoms with Crippen LogP contribution in [0, 0.1) is 5.82 Å². The summed E-state index contributed by atoms with van der Waals surface area (Å²) in [4.78, 5) is 14.0. The minimum atomic E-state index is -0.330. The predicted molar refractivity (Wildman–Crippen MR) is 127 cm³/mol. The van der Waals surface area contributed by atoms with Crippen LogP contribution in [0.2, 0.25) is 0 Å². The number of benzene rings is 3. The van der Waals surface area contributed by atoms with Crippen molar-refractivity contribution in [2.45, 2.75) is 26.5 Å². The van der Waals surface area contributed by atoms with Crippen molar-refractivity contribution in [3.8, 4) is 16.8 Å². The highest BCUT2D eigenvalue weighted by Crippen LogP contribution is 2.40. The van der Waals surface area contributed by atoms with Crippen LogP contribution in [-0.2, 0) is 6.61 Å². The molecule has 5 heteroatoms. The summed E-state index contributed by atoms with van der Waals surface area (Å²) in [6.45, 7) is 3.75. The maximum Gasteiger partial charge on any atom is 0.280 e. The number of hydrogen-bond acceptors (Lipinski definition) is 2. The molecular weight excluding hydrogens is 403 g/mol. The van der Waals surface area contributed by atoms with Crippen LogP contribution in [0.5, 0.6) is 0 Å². The summed E-state index contributed by atoms with van der Waals surface area (Å²) in [6, 6.07) is 23.5. The standard InChI is InChI=1S/C27H23FN2O2/c1-17(2)29-23(16-31)24(18-12-14-19(28)15-13-18)25-21-10-6-7-11-22(21)30(27(32)26(25)29)20-8-4-3-5-9-20/h3-15,17,31H,16H2,1-2H3. The van der Waals surface area contributed by atoms with Crippen molar-refractivity contribution in [2.24, 2.45) is 0 Å². The van der Waals surface area contributed by atoms with Crippen molar-refractivity contribution < 1.29 is 9.50 Å². The number of halogens is 1. The predicted octanol–water partition coefficient (Wildman–Crippen LogP) is 5.82. The Bertz CT molecular complexity index is 1500. The van der Waals surface area contributed by atoms with Crippen LogP contribution >= 0.6 is 0 Å². The highest BCUT2D eigenvalue weighted by atomic mass is 19.1. The highest BCUT2D eigenvalue weighted by molar-refractivity contribution is 6.14. The maximum atomic E-state index is 14.0. The molecule has 0 aliphatic heterocycles. The smallest absolute Gasteiger partial charge is 0.280 e. The molecule has 0 saturated heterocycles. The molecule has 0 saturated carbocycles. The molecule has 0 fully saturated rings. The molecule has 2 heterocycles. The van der Waals surface area contributed by atoms with E-state index in [-0.39, 0.29) is 24.0 Å². The van der Waals surface area contributed by atoms with Gasteiger partial charge in [-0.05, 0) is 49.7 Å². The van der Waals surface area contributed by atoms with Crippen molar-refractivity contribution >= 4 is 21.8 Å². The number of hydrogen-bond donors (Lipinski definition) is 1. The largest absolute Gasteiger partial charge is 0.390 e. The minimum Gasteiger partial charge on any atom is -0.390 e. The van der Waals surface area contributed by atoms with Gasteiger partial charge in [-0.15, -0.1) is 0 Å². The van der Waals surface area contributed by atoms with Crippen molar-refractivity contribution in [1.29, 1.82) is 0 Å². The number of pyridine rings is 1. The second-order valence-corrected chi connectivity index (χ2v) is 8.17. The zero-order chi connectivity index (χ0) is 22.4. The Morgan fingerprint density at radius 1 is 0.906 bits per heavy atom. The van der Waals surface area contributed by atoms with Crippen LogP contribution in [-0.4, -0.2) is 14.2 Å². The molecule has 0 spiro atoms. The van der Waals surface area contributed by atoms with Gasteiger partial charge < -0.3 is 9.67 Å². The second kappa shape index (κ2) is 7.77. The molecule has 3 aromatic carbocycles. The van der Waals surface area contributed by atoms with Gasteiger partial charge >= 0.3 is 0 Å². The van der Waals surface area contributed by atoms with Gasteiger partial charge in [-0.1, -0.05) is 48.5 Å². The molecule has 2 aromatic heterocycles. The molecule has 0 atom stereocenters. The first-order valence-corrected chi connectivity index (χ1v) is 10.7. The van der Waals surface area contributed by atoms with Gasteiger partial charge in [0.05, 0.1) is 17.8 Å². The molecule has 5 rings (SSSR count). The van der Waals surface area contributed by atoms with Crippen molar-refractivity contribution in [1.82, 2.24) is 9.13 Å². The lowest BCUT2D eigenvalue weighted by atomic mass is 9.99. The second-order valence-electron chi connectivity index (χ2n) is 8.17. The third-order valence-electron chi connectivity index (χ3n) is 5.94. The van der Waals surface area contributed by atoms with E-state index in [9.17, 15) is 14.3 Å². The molecule has 5 aromatic rings. The van der Waals surface area contributed by atoms with E-state index in [2.05, 4.69) is 0 Å². The first kappa shape index (κ1) is 20.2. The van der Waals surface area contributed by atoms with E-state index in [1.807, 2.05) is 73.0 Å². The Kier molecular flexibility index (Phi) is 4.91. The molecule has 1 N–H and O–H groups in total. The lowest BCUT2D eigenvalue weighted by Crippen LogP contribution is -2.22. The quantitative estimate of drug-likeness (QED) is 0.393. The Balaban J connectivity index is 2.06. The van der Waals surface area contributed by atoms with Gasteiger partial charge in [0.1, 0.15) is 11.3 Å². The van der Waals surface area contributed by atoms with Crippen molar-refractivity contribution in [2.75, 3.05) is 0 Å². The SMILES string of the molecule is CC(C)n1c(CO)c(-c2ccc(F)cc2)c2c3ccccc3n(-c3ccccc3)c(=O)c21. The molecule has 0 aliphatic rings. The van der Waals surface area contributed by atoms with E-state index in [0.717, 1.165) is 33.1 Å². The van der Waals surface area contributed by atoms with Crippen LogP contribution < -0.4 is 5.56 Å². The summed E-state index contributed by atoms with van der Waals surface area (Å²) < 4.78 is 17.3. The van der Waals surface area contributed by atoms with Crippen LogP contribution in [0.1, 0.15) is 25.6 Å². The Morgan fingerprint density at radius 2 is 1.56 bits per heavy atom. The van der Waals surface area contributed by atoms with E-state index in [4.69, 9.17) is 0 Å². The molecule has 4 nitrogen and oxygen atoms in total. The molecule has 0 aliphatic carbocycles. The van der Waals surface area contributed by atoms with Crippen LogP contribution in [0.4, 0.5) is 4.39 Å². The number of nitrogens with zero attached hydrogens (tertiary/aromatic N) is 2. The summed E-state index contributed by atoms with van der Waals surface area (Å²) in [7, 11) is 0. The van der Waals surface area contributed by atoms with Gasteiger partial charge in [0, 0.05) is 28.1 Å². The number of aliphatic hydroxyl groups is 1. The number of para-hydroxylation sites is 2. The monoisotopic (exact) mass is 426 g/mol. The molecule has 160 valence electrons. The number of rotatable bonds is 4. The summed E-state index contributed by atoms with van der Waals surface area (Å²) in [5.41, 5.74) is 4.12. The van der Waals surface area contributed by atoms with Gasteiger partial charge in [-0.2, -0.15) is 0 Å². The topological polar surface area (TPSA) is 47.2 Å². The third-order valence-corrected chi connectivity index (χ3v) is 5.94. The summed E-state index contributed by atoms with van der Waals surface area (Å²) in [5, 5.41) is 12.1. The van der Waals surface area contributed by atoms with E-state index >= 15 is 0 Å². The lowest BCUT2D eigenvalue weighted by molar-refractivity contribution is 0.269. The van der Waals surface area contributed by atoms with Gasteiger partial charge in [0.2, 0.25) is 0 Å². The zero-order valence-corrected chi connectivity index (χ0v) is 17.9. The Hall–Kier alpha value is -3.70. The average molecular weight is 426 g/mol. The molecule has 0 bridgehead atoms. The minimum absolute atomic E-state index is 0.0630. The van der Waals surface area contributed by atoms with E-state index < -0.39 is 0 Å². The number of fused-ring (bicyclic) bond motifs is 3. The average Bonchev–Trinajstić information content (AvgIpc) is 3.17. The van der Waals surface area contributed by atoms with Crippen molar-refractivity contribution in [3.63, 3.8) is 0 Å². The van der Waals surface area contributed by atoms with E-state index in [1.54, 1.807) is 16.7 Å². The fraction of sp³-hybridized carbons (Fsp3) is 0.148. The Morgan fingerprint density at radius 3 is 2.22 bits per heavy atom. The normalized spacial score (nSPS) is 11.7. The molecular formula is C27H23FN2O2. The summed E-state index contributed by atoms with van der Waals surface area (Å²) >= 11 is 0. The van der Waals surface area contributed by atoms with E-state index in [0.29, 0.717) is 11.2 Å². The fourth-order valence-corrected chi connectivity index (χ4v) is 4.69. The first-order chi connectivity index (χ1) is 15.5. The van der Waals surface area contributed by atoms with Crippen LogP contribution in [0.3, 0.4) is 0 Å². The van der Waals surface area contributed by atoms with Gasteiger partial charge in [-0.3, -0.25) is 9.36 Å². The van der Waals surface area contributed by atoms with Gasteiger partial charge in [0.25, 0.3) is 5.56 Å². The summed E-state index contributed by atoms with van der Waals surface area (Å²) in [6.07, 6.45) is 0. The van der Waals surface area contributed by atoms with Crippen molar-refractivity contribution in [3.05, 3.63) is 101 Å². The van der Waals surface area contributed by atoms with Gasteiger partial charge in [-0.25, -0.2) is 4.39 Å². The van der Waals surface area contributed by atoms with Gasteiger partial charge in [0.15, 0.2) is 0 Å².